The standard InChI is InChI=1S/C15H13FN2O/c16-13-2-1-3-14(10-13)18-8-9-19-15-6-4-12(11-17)5-7-15/h1-7,10,18H,8-9H2. The Kier molecular flexibility index (Phi) is 4.35. The van der Waals surface area contributed by atoms with Crippen molar-refractivity contribution in [2.24, 2.45) is 0 Å². The molecule has 0 atom stereocenters. The monoisotopic (exact) mass is 256 g/mol. The van der Waals surface area contributed by atoms with Gasteiger partial charge in [-0.3, -0.25) is 0 Å². The Balaban J connectivity index is 1.76. The number of nitrogens with one attached hydrogen (secondary N) is 1. The molecule has 2 aromatic carbocycles. The Bertz CT molecular complexity index is 575. The molecule has 3 nitrogen and oxygen atoms in total. The molecule has 0 amide bonds. The lowest BCUT2D eigenvalue weighted by Crippen LogP contribution is -2.11. The SMILES string of the molecule is N#Cc1ccc(OCCNc2cccc(F)c2)cc1. The Morgan fingerprint density at radius 3 is 2.63 bits per heavy atom. The molecule has 4 heteroatoms. The fraction of sp³-hybridized carbons (Fsp3) is 0.133. The van der Waals surface area contributed by atoms with Gasteiger partial charge in [0.2, 0.25) is 0 Å². The molecule has 96 valence electrons. The quantitative estimate of drug-likeness (QED) is 0.835. The second-order valence-electron chi connectivity index (χ2n) is 3.92. The summed E-state index contributed by atoms with van der Waals surface area (Å²) >= 11 is 0. The molecule has 0 spiro atoms. The van der Waals surface area contributed by atoms with Crippen LogP contribution in [0.2, 0.25) is 0 Å². The number of nitriles is 1. The van der Waals surface area contributed by atoms with Gasteiger partial charge in [0.15, 0.2) is 0 Å². The van der Waals surface area contributed by atoms with Crippen molar-refractivity contribution in [1.82, 2.24) is 0 Å². The zero-order valence-corrected chi connectivity index (χ0v) is 10.3. The van der Waals surface area contributed by atoms with Crippen molar-refractivity contribution < 1.29 is 9.13 Å². The van der Waals surface area contributed by atoms with Crippen molar-refractivity contribution in [1.29, 1.82) is 5.26 Å². The molecule has 19 heavy (non-hydrogen) atoms. The number of benzene rings is 2. The van der Waals surface area contributed by atoms with Gasteiger partial charge < -0.3 is 10.1 Å². The summed E-state index contributed by atoms with van der Waals surface area (Å²) in [7, 11) is 0. The maximum Gasteiger partial charge on any atom is 0.125 e. The Labute approximate surface area is 111 Å². The highest BCUT2D eigenvalue weighted by Gasteiger charge is 1.96. The second-order valence-corrected chi connectivity index (χ2v) is 3.92. The number of anilines is 1. The third kappa shape index (κ3) is 4.00. The lowest BCUT2D eigenvalue weighted by molar-refractivity contribution is 0.333. The van der Waals surface area contributed by atoms with Crippen LogP contribution in [0.25, 0.3) is 0 Å². The molecule has 2 aromatic rings. The summed E-state index contributed by atoms with van der Waals surface area (Å²) < 4.78 is 18.4. The molecule has 0 aliphatic heterocycles. The van der Waals surface area contributed by atoms with Crippen LogP contribution in [0.1, 0.15) is 5.56 Å². The minimum Gasteiger partial charge on any atom is -0.492 e. The molecule has 0 saturated heterocycles. The van der Waals surface area contributed by atoms with E-state index in [0.717, 1.165) is 5.69 Å². The van der Waals surface area contributed by atoms with E-state index < -0.39 is 0 Å². The van der Waals surface area contributed by atoms with Gasteiger partial charge in [-0.15, -0.1) is 0 Å². The zero-order valence-electron chi connectivity index (χ0n) is 10.3. The summed E-state index contributed by atoms with van der Waals surface area (Å²) in [6.07, 6.45) is 0. The molecular formula is C15H13FN2O. The van der Waals surface area contributed by atoms with E-state index >= 15 is 0 Å². The molecule has 1 N–H and O–H groups in total. The van der Waals surface area contributed by atoms with Crippen LogP contribution in [0.5, 0.6) is 5.75 Å². The number of halogens is 1. The Hall–Kier alpha value is -2.54. The molecule has 0 saturated carbocycles. The van der Waals surface area contributed by atoms with Gasteiger partial charge >= 0.3 is 0 Å². The molecule has 0 bridgehead atoms. The van der Waals surface area contributed by atoms with Crippen molar-refractivity contribution in [3.05, 3.63) is 59.9 Å². The zero-order chi connectivity index (χ0) is 13.5. The topological polar surface area (TPSA) is 45.0 Å². The highest BCUT2D eigenvalue weighted by atomic mass is 19.1. The van der Waals surface area contributed by atoms with Crippen LogP contribution in [0, 0.1) is 17.1 Å². The molecule has 0 aliphatic carbocycles. The third-order valence-corrected chi connectivity index (χ3v) is 2.51. The summed E-state index contributed by atoms with van der Waals surface area (Å²) in [6, 6.07) is 15.2. The summed E-state index contributed by atoms with van der Waals surface area (Å²) in [6.45, 7) is 1.03. The first kappa shape index (κ1) is 12.9. The van der Waals surface area contributed by atoms with Crippen LogP contribution in [0.15, 0.2) is 48.5 Å². The van der Waals surface area contributed by atoms with E-state index in [4.69, 9.17) is 10.00 Å². The second kappa shape index (κ2) is 6.41. The van der Waals surface area contributed by atoms with Crippen LogP contribution in [0.4, 0.5) is 10.1 Å². The van der Waals surface area contributed by atoms with Gasteiger partial charge in [-0.25, -0.2) is 4.39 Å². The van der Waals surface area contributed by atoms with E-state index in [0.29, 0.717) is 24.5 Å². The molecule has 0 fully saturated rings. The minimum absolute atomic E-state index is 0.266. The Morgan fingerprint density at radius 1 is 1.16 bits per heavy atom. The molecule has 0 aromatic heterocycles. The van der Waals surface area contributed by atoms with Crippen LogP contribution in [-0.2, 0) is 0 Å². The average molecular weight is 256 g/mol. The van der Waals surface area contributed by atoms with Crippen LogP contribution < -0.4 is 10.1 Å². The first-order chi connectivity index (χ1) is 9.28. The fourth-order valence-electron chi connectivity index (χ4n) is 1.59. The molecular weight excluding hydrogens is 243 g/mol. The number of nitrogens with zero attached hydrogens (tertiary/aromatic N) is 1. The first-order valence-corrected chi connectivity index (χ1v) is 5.90. The van der Waals surface area contributed by atoms with E-state index in [1.165, 1.54) is 12.1 Å². The highest BCUT2D eigenvalue weighted by molar-refractivity contribution is 5.43. The average Bonchev–Trinajstić information content (AvgIpc) is 2.44. The number of hydrogen-bond acceptors (Lipinski definition) is 3. The number of hydrogen-bond donors (Lipinski definition) is 1. The molecule has 0 heterocycles. The van der Waals surface area contributed by atoms with E-state index in [2.05, 4.69) is 5.32 Å². The number of ether oxygens (including phenoxy) is 1. The predicted octanol–water partition coefficient (Wildman–Crippen LogP) is 3.19. The third-order valence-electron chi connectivity index (χ3n) is 2.51. The smallest absolute Gasteiger partial charge is 0.125 e. The summed E-state index contributed by atoms with van der Waals surface area (Å²) in [5.74, 6) is 0.443. The molecule has 2 rings (SSSR count). The van der Waals surface area contributed by atoms with Gasteiger partial charge in [0.1, 0.15) is 18.2 Å². The number of rotatable bonds is 5. The normalized spacial score (nSPS) is 9.68. The maximum absolute atomic E-state index is 12.9. The van der Waals surface area contributed by atoms with Crippen molar-refractivity contribution >= 4 is 5.69 Å². The van der Waals surface area contributed by atoms with Gasteiger partial charge in [0.25, 0.3) is 0 Å². The van der Waals surface area contributed by atoms with Crippen molar-refractivity contribution in [2.45, 2.75) is 0 Å². The summed E-state index contributed by atoms with van der Waals surface area (Å²) in [5, 5.41) is 11.7. The van der Waals surface area contributed by atoms with Gasteiger partial charge in [0.05, 0.1) is 11.6 Å². The molecule has 0 aliphatic rings. The van der Waals surface area contributed by atoms with Crippen LogP contribution in [0.3, 0.4) is 0 Å². The fourth-order valence-corrected chi connectivity index (χ4v) is 1.59. The Morgan fingerprint density at radius 2 is 1.95 bits per heavy atom. The van der Waals surface area contributed by atoms with Crippen molar-refractivity contribution in [3.63, 3.8) is 0 Å². The highest BCUT2D eigenvalue weighted by Crippen LogP contribution is 2.12. The predicted molar refractivity (Wildman–Crippen MR) is 71.5 cm³/mol. The van der Waals surface area contributed by atoms with Crippen molar-refractivity contribution in [3.8, 4) is 11.8 Å². The summed E-state index contributed by atoms with van der Waals surface area (Å²) in [5.41, 5.74) is 1.33. The lowest BCUT2D eigenvalue weighted by Gasteiger charge is -2.08. The van der Waals surface area contributed by atoms with E-state index in [1.54, 1.807) is 36.4 Å². The largest absolute Gasteiger partial charge is 0.492 e. The molecule has 0 unspecified atom stereocenters. The minimum atomic E-state index is -0.266. The van der Waals surface area contributed by atoms with E-state index in [-0.39, 0.29) is 5.82 Å². The lowest BCUT2D eigenvalue weighted by atomic mass is 10.2. The van der Waals surface area contributed by atoms with Gasteiger partial charge in [0, 0.05) is 12.2 Å². The van der Waals surface area contributed by atoms with E-state index in [9.17, 15) is 4.39 Å². The van der Waals surface area contributed by atoms with Gasteiger partial charge in [-0.05, 0) is 42.5 Å². The van der Waals surface area contributed by atoms with Crippen LogP contribution >= 0.6 is 0 Å². The maximum atomic E-state index is 12.9. The van der Waals surface area contributed by atoms with Gasteiger partial charge in [-0.1, -0.05) is 6.07 Å². The van der Waals surface area contributed by atoms with Crippen molar-refractivity contribution in [2.75, 3.05) is 18.5 Å². The summed E-state index contributed by atoms with van der Waals surface area (Å²) in [4.78, 5) is 0. The molecule has 0 radical (unpaired) electrons. The van der Waals surface area contributed by atoms with E-state index in [1.807, 2.05) is 6.07 Å². The van der Waals surface area contributed by atoms with Gasteiger partial charge in [-0.2, -0.15) is 5.26 Å². The first-order valence-electron chi connectivity index (χ1n) is 5.90. The van der Waals surface area contributed by atoms with Crippen LogP contribution in [-0.4, -0.2) is 13.2 Å².